The Morgan fingerprint density at radius 2 is 2.08 bits per heavy atom. The molecule has 1 atom stereocenters. The van der Waals surface area contributed by atoms with E-state index in [1.165, 1.54) is 0 Å². The molecule has 0 bridgehead atoms. The van der Waals surface area contributed by atoms with Crippen molar-refractivity contribution < 1.29 is 4.79 Å². The fraction of sp³-hybridized carbons (Fsp3) is 0.900. The van der Waals surface area contributed by atoms with Gasteiger partial charge in [0.1, 0.15) is 0 Å². The number of carbonyl (C=O) groups is 1. The zero-order valence-electron chi connectivity index (χ0n) is 8.39. The van der Waals surface area contributed by atoms with Gasteiger partial charge in [-0.2, -0.15) is 0 Å². The Hall–Kier alpha value is -0.570. The number of amides is 1. The SMILES string of the molecule is CC1(C)CC1NC(=O)C1(CN)CC1. The van der Waals surface area contributed by atoms with Gasteiger partial charge < -0.3 is 11.1 Å². The van der Waals surface area contributed by atoms with Crippen LogP contribution < -0.4 is 11.1 Å². The van der Waals surface area contributed by atoms with Crippen LogP contribution in [-0.2, 0) is 4.79 Å². The van der Waals surface area contributed by atoms with Gasteiger partial charge >= 0.3 is 0 Å². The standard InChI is InChI=1S/C10H18N2O/c1-9(2)5-7(9)12-8(13)10(6-11)3-4-10/h7H,3-6,11H2,1-2H3,(H,12,13). The predicted molar refractivity (Wildman–Crippen MR) is 51.1 cm³/mol. The summed E-state index contributed by atoms with van der Waals surface area (Å²) < 4.78 is 0. The molecule has 0 aromatic heterocycles. The summed E-state index contributed by atoms with van der Waals surface area (Å²) in [4.78, 5) is 11.7. The van der Waals surface area contributed by atoms with Crippen LogP contribution in [-0.4, -0.2) is 18.5 Å². The second-order valence-corrected chi connectivity index (χ2v) is 5.20. The number of nitrogens with one attached hydrogen (secondary N) is 1. The minimum Gasteiger partial charge on any atom is -0.352 e. The van der Waals surface area contributed by atoms with Gasteiger partial charge in [0.2, 0.25) is 5.91 Å². The van der Waals surface area contributed by atoms with Gasteiger partial charge in [0.05, 0.1) is 5.41 Å². The van der Waals surface area contributed by atoms with E-state index in [-0.39, 0.29) is 11.3 Å². The van der Waals surface area contributed by atoms with Crippen LogP contribution in [0.3, 0.4) is 0 Å². The van der Waals surface area contributed by atoms with Gasteiger partial charge in [-0.05, 0) is 24.7 Å². The van der Waals surface area contributed by atoms with E-state index in [0.717, 1.165) is 19.3 Å². The van der Waals surface area contributed by atoms with Gasteiger partial charge in [-0.15, -0.1) is 0 Å². The normalized spacial score (nSPS) is 32.4. The lowest BCUT2D eigenvalue weighted by Crippen LogP contribution is -2.38. The molecule has 74 valence electrons. The van der Waals surface area contributed by atoms with Crippen LogP contribution in [0.2, 0.25) is 0 Å². The van der Waals surface area contributed by atoms with E-state index in [2.05, 4.69) is 19.2 Å². The Morgan fingerprint density at radius 1 is 1.54 bits per heavy atom. The van der Waals surface area contributed by atoms with Crippen LogP contribution >= 0.6 is 0 Å². The third-order valence-corrected chi connectivity index (χ3v) is 3.54. The first-order valence-corrected chi connectivity index (χ1v) is 5.01. The van der Waals surface area contributed by atoms with Gasteiger partial charge in [0, 0.05) is 12.6 Å². The van der Waals surface area contributed by atoms with Gasteiger partial charge in [0.15, 0.2) is 0 Å². The Kier molecular flexibility index (Phi) is 1.71. The van der Waals surface area contributed by atoms with Crippen LogP contribution in [0.1, 0.15) is 33.1 Å². The molecule has 0 aliphatic heterocycles. The number of hydrogen-bond donors (Lipinski definition) is 2. The molecular weight excluding hydrogens is 164 g/mol. The first kappa shape index (κ1) is 9.00. The van der Waals surface area contributed by atoms with Crippen molar-refractivity contribution in [1.29, 1.82) is 0 Å². The fourth-order valence-electron chi connectivity index (χ4n) is 1.70. The van der Waals surface area contributed by atoms with Crippen LogP contribution in [0.4, 0.5) is 0 Å². The number of carbonyl (C=O) groups excluding carboxylic acids is 1. The maximum absolute atomic E-state index is 11.7. The van der Waals surface area contributed by atoms with Crippen molar-refractivity contribution in [3.05, 3.63) is 0 Å². The molecule has 0 aromatic rings. The molecule has 1 amide bonds. The molecule has 3 nitrogen and oxygen atoms in total. The Labute approximate surface area is 79.1 Å². The van der Waals surface area contributed by atoms with Crippen molar-refractivity contribution in [3.8, 4) is 0 Å². The smallest absolute Gasteiger partial charge is 0.227 e. The van der Waals surface area contributed by atoms with Crippen LogP contribution in [0.25, 0.3) is 0 Å². The second kappa shape index (κ2) is 2.47. The summed E-state index contributed by atoms with van der Waals surface area (Å²) >= 11 is 0. The van der Waals surface area contributed by atoms with Crippen molar-refractivity contribution >= 4 is 5.91 Å². The number of nitrogens with two attached hydrogens (primary N) is 1. The molecule has 2 aliphatic rings. The van der Waals surface area contributed by atoms with Crippen molar-refractivity contribution in [2.45, 2.75) is 39.2 Å². The van der Waals surface area contributed by atoms with E-state index in [1.807, 2.05) is 0 Å². The van der Waals surface area contributed by atoms with Crippen LogP contribution in [0, 0.1) is 10.8 Å². The summed E-state index contributed by atoms with van der Waals surface area (Å²) in [6, 6.07) is 0.393. The van der Waals surface area contributed by atoms with E-state index >= 15 is 0 Å². The lowest BCUT2D eigenvalue weighted by atomic mass is 10.1. The third-order valence-electron chi connectivity index (χ3n) is 3.54. The van der Waals surface area contributed by atoms with E-state index in [4.69, 9.17) is 5.73 Å². The van der Waals surface area contributed by atoms with Gasteiger partial charge in [-0.25, -0.2) is 0 Å². The average Bonchev–Trinajstić information content (AvgIpc) is 2.90. The van der Waals surface area contributed by atoms with Gasteiger partial charge in [-0.1, -0.05) is 13.8 Å². The molecule has 1 unspecified atom stereocenters. The third kappa shape index (κ3) is 1.46. The highest BCUT2D eigenvalue weighted by molar-refractivity contribution is 5.86. The Balaban J connectivity index is 1.87. The van der Waals surface area contributed by atoms with Crippen molar-refractivity contribution in [1.82, 2.24) is 5.32 Å². The molecule has 13 heavy (non-hydrogen) atoms. The van der Waals surface area contributed by atoms with E-state index in [0.29, 0.717) is 18.0 Å². The Morgan fingerprint density at radius 3 is 2.38 bits per heavy atom. The van der Waals surface area contributed by atoms with Crippen molar-refractivity contribution in [3.63, 3.8) is 0 Å². The van der Waals surface area contributed by atoms with E-state index in [9.17, 15) is 4.79 Å². The monoisotopic (exact) mass is 182 g/mol. The van der Waals surface area contributed by atoms with Gasteiger partial charge in [0.25, 0.3) is 0 Å². The summed E-state index contributed by atoms with van der Waals surface area (Å²) in [6.07, 6.45) is 3.06. The fourth-order valence-corrected chi connectivity index (χ4v) is 1.70. The zero-order valence-corrected chi connectivity index (χ0v) is 8.39. The maximum Gasteiger partial charge on any atom is 0.227 e. The molecule has 2 saturated carbocycles. The van der Waals surface area contributed by atoms with Crippen molar-refractivity contribution in [2.75, 3.05) is 6.54 Å². The summed E-state index contributed by atoms with van der Waals surface area (Å²) in [6.45, 7) is 4.87. The highest BCUT2D eigenvalue weighted by atomic mass is 16.2. The number of rotatable bonds is 3. The number of hydrogen-bond acceptors (Lipinski definition) is 2. The average molecular weight is 182 g/mol. The van der Waals surface area contributed by atoms with E-state index in [1.54, 1.807) is 0 Å². The first-order valence-electron chi connectivity index (χ1n) is 5.01. The predicted octanol–water partition coefficient (Wildman–Crippen LogP) is 0.640. The maximum atomic E-state index is 11.7. The minimum absolute atomic E-state index is 0.182. The highest BCUT2D eigenvalue weighted by Crippen LogP contribution is 2.48. The summed E-state index contributed by atoms with van der Waals surface area (Å²) in [5.41, 5.74) is 5.71. The largest absolute Gasteiger partial charge is 0.352 e. The van der Waals surface area contributed by atoms with Gasteiger partial charge in [-0.3, -0.25) is 4.79 Å². The minimum atomic E-state index is -0.182. The molecule has 3 heteroatoms. The van der Waals surface area contributed by atoms with Crippen molar-refractivity contribution in [2.24, 2.45) is 16.6 Å². The van der Waals surface area contributed by atoms with Crippen LogP contribution in [0.15, 0.2) is 0 Å². The summed E-state index contributed by atoms with van der Waals surface area (Å²) in [5, 5.41) is 3.08. The molecule has 0 heterocycles. The van der Waals surface area contributed by atoms with E-state index < -0.39 is 0 Å². The molecule has 2 fully saturated rings. The topological polar surface area (TPSA) is 55.1 Å². The molecular formula is C10H18N2O. The molecule has 0 saturated heterocycles. The summed E-state index contributed by atoms with van der Waals surface area (Å²) in [5.74, 6) is 0.186. The Bertz CT molecular complexity index is 243. The zero-order chi connectivity index (χ0) is 9.69. The second-order valence-electron chi connectivity index (χ2n) is 5.20. The summed E-state index contributed by atoms with van der Waals surface area (Å²) in [7, 11) is 0. The quantitative estimate of drug-likeness (QED) is 0.673. The molecule has 0 aromatic carbocycles. The molecule has 2 aliphatic carbocycles. The van der Waals surface area contributed by atoms with Crippen LogP contribution in [0.5, 0.6) is 0 Å². The highest BCUT2D eigenvalue weighted by Gasteiger charge is 2.53. The lowest BCUT2D eigenvalue weighted by molar-refractivity contribution is -0.126. The molecule has 0 spiro atoms. The lowest BCUT2D eigenvalue weighted by Gasteiger charge is -2.13. The first-order chi connectivity index (χ1) is 6.00. The molecule has 2 rings (SSSR count). The molecule has 0 radical (unpaired) electrons. The molecule has 3 N–H and O–H groups in total.